The molecule has 0 radical (unpaired) electrons. The van der Waals surface area contributed by atoms with Crippen LogP contribution in [-0.2, 0) is 0 Å². The topological polar surface area (TPSA) is 0 Å². The van der Waals surface area contributed by atoms with Crippen molar-refractivity contribution >= 4 is 0 Å². The van der Waals surface area contributed by atoms with Gasteiger partial charge in [0.25, 0.3) is 0 Å². The third-order valence-electron chi connectivity index (χ3n) is 2.67. The van der Waals surface area contributed by atoms with Crippen molar-refractivity contribution in [3.8, 4) is 11.8 Å². The Labute approximate surface area is 91.4 Å². The Bertz CT molecular complexity index is 262. The molecule has 2 heteroatoms. The van der Waals surface area contributed by atoms with Gasteiger partial charge in [0.15, 0.2) is 0 Å². The zero-order valence-electron chi connectivity index (χ0n) is 9.87. The highest BCUT2D eigenvalue weighted by molar-refractivity contribution is 5.11. The lowest BCUT2D eigenvalue weighted by Gasteiger charge is -2.26. The van der Waals surface area contributed by atoms with E-state index >= 15 is 0 Å². The molecule has 0 N–H and O–H groups in total. The van der Waals surface area contributed by atoms with Crippen LogP contribution in [-0.4, -0.2) is 5.92 Å². The average molecular weight is 214 g/mol. The fourth-order valence-corrected chi connectivity index (χ4v) is 2.14. The summed E-state index contributed by atoms with van der Waals surface area (Å²) in [4.78, 5) is 0. The first-order valence-corrected chi connectivity index (χ1v) is 5.66. The Morgan fingerprint density at radius 3 is 2.60 bits per heavy atom. The van der Waals surface area contributed by atoms with Crippen molar-refractivity contribution in [1.29, 1.82) is 0 Å². The molecule has 1 unspecified atom stereocenters. The highest BCUT2D eigenvalue weighted by atomic mass is 19.3. The summed E-state index contributed by atoms with van der Waals surface area (Å²) in [6.45, 7) is 6.56. The Hall–Kier alpha value is -0.580. The van der Waals surface area contributed by atoms with Crippen molar-refractivity contribution in [2.24, 2.45) is 11.3 Å². The monoisotopic (exact) mass is 214 g/mol. The fraction of sp³-hybridized carbons (Fsp3) is 0.846. The van der Waals surface area contributed by atoms with Gasteiger partial charge in [0.05, 0.1) is 0 Å². The van der Waals surface area contributed by atoms with E-state index in [1.54, 1.807) is 0 Å². The van der Waals surface area contributed by atoms with E-state index in [-0.39, 0.29) is 11.8 Å². The number of rotatable bonds is 1. The van der Waals surface area contributed by atoms with Crippen LogP contribution >= 0.6 is 0 Å². The van der Waals surface area contributed by atoms with E-state index in [2.05, 4.69) is 32.6 Å². The van der Waals surface area contributed by atoms with Crippen LogP contribution in [0.3, 0.4) is 0 Å². The lowest BCUT2D eigenvalue weighted by atomic mass is 9.80. The van der Waals surface area contributed by atoms with E-state index < -0.39 is 5.92 Å². The summed E-state index contributed by atoms with van der Waals surface area (Å²) in [6, 6.07) is 0. The first-order chi connectivity index (χ1) is 6.79. The molecule has 0 bridgehead atoms. The summed E-state index contributed by atoms with van der Waals surface area (Å²) in [5.74, 6) is 2.49. The zero-order valence-corrected chi connectivity index (χ0v) is 9.87. The van der Waals surface area contributed by atoms with Gasteiger partial charge >= 0.3 is 5.92 Å². The van der Waals surface area contributed by atoms with E-state index in [0.717, 1.165) is 12.8 Å². The lowest BCUT2D eigenvalue weighted by Crippen LogP contribution is -2.18. The first-order valence-electron chi connectivity index (χ1n) is 5.66. The number of hydrogen-bond donors (Lipinski definition) is 0. The van der Waals surface area contributed by atoms with Crippen LogP contribution < -0.4 is 0 Å². The molecule has 1 aliphatic rings. The molecule has 0 spiro atoms. The van der Waals surface area contributed by atoms with Crippen molar-refractivity contribution < 1.29 is 8.78 Å². The molecule has 0 aromatic carbocycles. The van der Waals surface area contributed by atoms with E-state index in [9.17, 15) is 8.78 Å². The van der Waals surface area contributed by atoms with E-state index in [4.69, 9.17) is 0 Å². The fourth-order valence-electron chi connectivity index (χ4n) is 2.14. The quantitative estimate of drug-likeness (QED) is 0.572. The van der Waals surface area contributed by atoms with Gasteiger partial charge in [0, 0.05) is 12.8 Å². The minimum Gasteiger partial charge on any atom is -0.192 e. The molecule has 0 aliphatic heterocycles. The van der Waals surface area contributed by atoms with Crippen molar-refractivity contribution in [2.75, 3.05) is 0 Å². The molecular weight excluding hydrogens is 194 g/mol. The second-order valence-corrected chi connectivity index (χ2v) is 5.73. The van der Waals surface area contributed by atoms with Gasteiger partial charge in [-0.1, -0.05) is 26.7 Å². The van der Waals surface area contributed by atoms with Crippen LogP contribution in [0.1, 0.15) is 52.9 Å². The van der Waals surface area contributed by atoms with Crippen LogP contribution in [0.5, 0.6) is 0 Å². The molecular formula is C13H20F2. The summed E-state index contributed by atoms with van der Waals surface area (Å²) in [5.41, 5.74) is 0.272. The highest BCUT2D eigenvalue weighted by Crippen LogP contribution is 2.32. The zero-order chi connectivity index (χ0) is 11.5. The van der Waals surface area contributed by atoms with Gasteiger partial charge in [-0.15, -0.1) is 0 Å². The van der Waals surface area contributed by atoms with Gasteiger partial charge in [0.2, 0.25) is 0 Å². The maximum Gasteiger partial charge on any atom is 0.308 e. The molecule has 0 saturated carbocycles. The van der Waals surface area contributed by atoms with Crippen LogP contribution in [0, 0.1) is 23.2 Å². The normalized spacial score (nSPS) is 26.1. The van der Waals surface area contributed by atoms with Crippen LogP contribution in [0.4, 0.5) is 8.78 Å². The number of alkyl halides is 2. The first kappa shape index (κ1) is 12.5. The second-order valence-electron chi connectivity index (χ2n) is 5.73. The molecule has 0 amide bonds. The van der Waals surface area contributed by atoms with Crippen molar-refractivity contribution in [2.45, 2.75) is 58.8 Å². The summed E-state index contributed by atoms with van der Waals surface area (Å²) >= 11 is 0. The molecule has 1 atom stereocenters. The van der Waals surface area contributed by atoms with Gasteiger partial charge in [-0.25, -0.2) is 0 Å². The van der Waals surface area contributed by atoms with Crippen LogP contribution in [0.2, 0.25) is 0 Å². The molecule has 0 aromatic rings. The third kappa shape index (κ3) is 5.16. The van der Waals surface area contributed by atoms with Gasteiger partial charge < -0.3 is 0 Å². The molecule has 0 fully saturated rings. The maximum absolute atomic E-state index is 12.9. The molecule has 0 nitrogen and oxygen atoms in total. The maximum atomic E-state index is 12.9. The molecule has 0 saturated heterocycles. The Morgan fingerprint density at radius 2 is 2.00 bits per heavy atom. The molecule has 1 rings (SSSR count). The predicted octanol–water partition coefficient (Wildman–Crippen LogP) is 4.25. The number of hydrogen-bond acceptors (Lipinski definition) is 0. The summed E-state index contributed by atoms with van der Waals surface area (Å²) in [7, 11) is 0. The Morgan fingerprint density at radius 1 is 1.33 bits per heavy atom. The second kappa shape index (κ2) is 4.51. The lowest BCUT2D eigenvalue weighted by molar-refractivity contribution is 0.0503. The predicted molar refractivity (Wildman–Crippen MR) is 58.8 cm³/mol. The molecule has 86 valence electrons. The van der Waals surface area contributed by atoms with E-state index in [1.165, 1.54) is 0 Å². The van der Waals surface area contributed by atoms with E-state index in [1.807, 2.05) is 0 Å². The van der Waals surface area contributed by atoms with Gasteiger partial charge in [-0.05, 0) is 36.5 Å². The standard InChI is InChI=1S/C13H20F2/c1-12(2,3)10-11-6-4-8-13(14,15)9-5-7-11/h11H,4,6-8,10H2,1-3H3. The Kier molecular flexibility index (Phi) is 3.76. The number of halogens is 2. The van der Waals surface area contributed by atoms with Gasteiger partial charge in [-0.3, -0.25) is 0 Å². The third-order valence-corrected chi connectivity index (χ3v) is 2.67. The van der Waals surface area contributed by atoms with Gasteiger partial charge in [0.1, 0.15) is 0 Å². The molecule has 0 aromatic heterocycles. The average Bonchev–Trinajstić information content (AvgIpc) is 1.97. The summed E-state index contributed by atoms with van der Waals surface area (Å²) < 4.78 is 25.9. The van der Waals surface area contributed by atoms with Crippen LogP contribution in [0.25, 0.3) is 0 Å². The molecule has 15 heavy (non-hydrogen) atoms. The Balaban J connectivity index is 2.56. The van der Waals surface area contributed by atoms with Crippen LogP contribution in [0.15, 0.2) is 0 Å². The molecule has 1 aliphatic carbocycles. The van der Waals surface area contributed by atoms with Gasteiger partial charge in [-0.2, -0.15) is 8.78 Å². The van der Waals surface area contributed by atoms with E-state index in [0.29, 0.717) is 18.8 Å². The minimum absolute atomic E-state index is 0.0688. The smallest absolute Gasteiger partial charge is 0.192 e. The minimum atomic E-state index is -2.74. The van der Waals surface area contributed by atoms with Crippen molar-refractivity contribution in [3.63, 3.8) is 0 Å². The summed E-state index contributed by atoms with van der Waals surface area (Å²) in [6.07, 6.45) is 3.13. The SMILES string of the molecule is CC(C)(C)CC1CC#CC(F)(F)CCC1. The molecule has 0 heterocycles. The largest absolute Gasteiger partial charge is 0.308 e. The highest BCUT2D eigenvalue weighted by Gasteiger charge is 2.28. The summed E-state index contributed by atoms with van der Waals surface area (Å²) in [5, 5.41) is 0. The van der Waals surface area contributed by atoms with Crippen molar-refractivity contribution in [1.82, 2.24) is 0 Å². The van der Waals surface area contributed by atoms with Crippen molar-refractivity contribution in [3.05, 3.63) is 0 Å².